The molecule has 0 spiro atoms. The number of hydrogen-bond donors (Lipinski definition) is 2. The van der Waals surface area contributed by atoms with Crippen LogP contribution in [0.2, 0.25) is 5.02 Å². The zero-order valence-electron chi connectivity index (χ0n) is 11.6. The van der Waals surface area contributed by atoms with Crippen LogP contribution in [0.15, 0.2) is 36.4 Å². The molecule has 0 saturated heterocycles. The Morgan fingerprint density at radius 1 is 1.19 bits per heavy atom. The SMILES string of the molecule is COc1ccc(OC)c(NC(=O)c2c(N)cccc2Cl)c1. The molecule has 3 N–H and O–H groups in total. The van der Waals surface area contributed by atoms with Crippen LogP contribution in [0.5, 0.6) is 11.5 Å². The number of carbonyl (C=O) groups is 1. The van der Waals surface area contributed by atoms with Gasteiger partial charge in [-0.25, -0.2) is 0 Å². The monoisotopic (exact) mass is 306 g/mol. The first-order valence-corrected chi connectivity index (χ1v) is 6.52. The first kappa shape index (κ1) is 15.0. The summed E-state index contributed by atoms with van der Waals surface area (Å²) in [4.78, 5) is 12.4. The molecule has 0 bridgehead atoms. The average Bonchev–Trinajstić information content (AvgIpc) is 2.47. The van der Waals surface area contributed by atoms with Crippen LogP contribution in [0.3, 0.4) is 0 Å². The van der Waals surface area contributed by atoms with Gasteiger partial charge in [0, 0.05) is 11.8 Å². The molecular formula is C15H15ClN2O3. The van der Waals surface area contributed by atoms with E-state index in [9.17, 15) is 4.79 Å². The Morgan fingerprint density at radius 3 is 2.57 bits per heavy atom. The van der Waals surface area contributed by atoms with Crippen molar-refractivity contribution in [1.82, 2.24) is 0 Å². The number of nitrogen functional groups attached to an aromatic ring is 1. The minimum Gasteiger partial charge on any atom is -0.497 e. The van der Waals surface area contributed by atoms with Gasteiger partial charge >= 0.3 is 0 Å². The number of halogens is 1. The van der Waals surface area contributed by atoms with E-state index in [1.165, 1.54) is 7.11 Å². The van der Waals surface area contributed by atoms with Gasteiger partial charge in [-0.15, -0.1) is 0 Å². The zero-order valence-corrected chi connectivity index (χ0v) is 12.4. The van der Waals surface area contributed by atoms with E-state index < -0.39 is 5.91 Å². The third kappa shape index (κ3) is 3.20. The van der Waals surface area contributed by atoms with Crippen molar-refractivity contribution in [2.45, 2.75) is 0 Å². The van der Waals surface area contributed by atoms with Crippen molar-refractivity contribution in [1.29, 1.82) is 0 Å². The summed E-state index contributed by atoms with van der Waals surface area (Å²) in [5.74, 6) is 0.692. The zero-order chi connectivity index (χ0) is 15.4. The van der Waals surface area contributed by atoms with E-state index in [0.717, 1.165) is 0 Å². The van der Waals surface area contributed by atoms with Crippen molar-refractivity contribution in [3.63, 3.8) is 0 Å². The highest BCUT2D eigenvalue weighted by molar-refractivity contribution is 6.35. The quantitative estimate of drug-likeness (QED) is 0.851. The second-order valence-electron chi connectivity index (χ2n) is 4.22. The maximum absolute atomic E-state index is 12.4. The highest BCUT2D eigenvalue weighted by Crippen LogP contribution is 2.30. The molecule has 0 aliphatic rings. The van der Waals surface area contributed by atoms with Crippen molar-refractivity contribution >= 4 is 28.9 Å². The molecule has 0 saturated carbocycles. The summed E-state index contributed by atoms with van der Waals surface area (Å²) in [5, 5.41) is 3.01. The van der Waals surface area contributed by atoms with Crippen LogP contribution in [0, 0.1) is 0 Å². The van der Waals surface area contributed by atoms with Crippen molar-refractivity contribution in [2.75, 3.05) is 25.3 Å². The lowest BCUT2D eigenvalue weighted by Crippen LogP contribution is -2.15. The largest absolute Gasteiger partial charge is 0.497 e. The molecule has 21 heavy (non-hydrogen) atoms. The van der Waals surface area contributed by atoms with E-state index in [-0.39, 0.29) is 10.6 Å². The molecule has 5 nitrogen and oxygen atoms in total. The highest BCUT2D eigenvalue weighted by atomic mass is 35.5. The molecule has 0 fully saturated rings. The van der Waals surface area contributed by atoms with Crippen LogP contribution in [0.25, 0.3) is 0 Å². The highest BCUT2D eigenvalue weighted by Gasteiger charge is 2.16. The second kappa shape index (κ2) is 6.37. The van der Waals surface area contributed by atoms with Gasteiger partial charge in [-0.1, -0.05) is 17.7 Å². The number of methoxy groups -OCH3 is 2. The number of nitrogens with one attached hydrogen (secondary N) is 1. The number of anilines is 2. The lowest BCUT2D eigenvalue weighted by molar-refractivity contribution is 0.102. The van der Waals surface area contributed by atoms with Crippen molar-refractivity contribution in [2.24, 2.45) is 0 Å². The van der Waals surface area contributed by atoms with Crippen molar-refractivity contribution in [3.05, 3.63) is 47.0 Å². The fourth-order valence-electron chi connectivity index (χ4n) is 1.88. The number of hydrogen-bond acceptors (Lipinski definition) is 4. The fraction of sp³-hybridized carbons (Fsp3) is 0.133. The van der Waals surface area contributed by atoms with Gasteiger partial charge in [0.1, 0.15) is 11.5 Å². The molecule has 2 aromatic rings. The smallest absolute Gasteiger partial charge is 0.259 e. The minimum atomic E-state index is -0.412. The maximum Gasteiger partial charge on any atom is 0.259 e. The van der Waals surface area contributed by atoms with Crippen LogP contribution in [-0.2, 0) is 0 Å². The summed E-state index contributed by atoms with van der Waals surface area (Å²) in [6.45, 7) is 0. The van der Waals surface area contributed by atoms with E-state index >= 15 is 0 Å². The molecule has 0 unspecified atom stereocenters. The molecule has 0 aromatic heterocycles. The van der Waals surface area contributed by atoms with Crippen LogP contribution in [-0.4, -0.2) is 20.1 Å². The van der Waals surface area contributed by atoms with Gasteiger partial charge in [0.05, 0.1) is 30.5 Å². The standard InChI is InChI=1S/C15H15ClN2O3/c1-20-9-6-7-13(21-2)12(8-9)18-15(19)14-10(16)4-3-5-11(14)17/h3-8H,17H2,1-2H3,(H,18,19). The van der Waals surface area contributed by atoms with Gasteiger partial charge in [-0.05, 0) is 24.3 Å². The summed E-state index contributed by atoms with van der Waals surface area (Å²) < 4.78 is 10.3. The minimum absolute atomic E-state index is 0.226. The first-order chi connectivity index (χ1) is 10.1. The predicted octanol–water partition coefficient (Wildman–Crippen LogP) is 3.19. The van der Waals surface area contributed by atoms with E-state index in [2.05, 4.69) is 5.32 Å². The number of benzene rings is 2. The van der Waals surface area contributed by atoms with Gasteiger partial charge in [0.25, 0.3) is 5.91 Å². The van der Waals surface area contributed by atoms with Gasteiger partial charge in [-0.2, -0.15) is 0 Å². The number of ether oxygens (including phenoxy) is 2. The Morgan fingerprint density at radius 2 is 1.95 bits per heavy atom. The van der Waals surface area contributed by atoms with Crippen molar-refractivity contribution in [3.8, 4) is 11.5 Å². The number of nitrogens with two attached hydrogens (primary N) is 1. The van der Waals surface area contributed by atoms with Crippen LogP contribution >= 0.6 is 11.6 Å². The van der Waals surface area contributed by atoms with Crippen LogP contribution in [0.1, 0.15) is 10.4 Å². The molecule has 1 amide bonds. The lowest BCUT2D eigenvalue weighted by Gasteiger charge is -2.13. The van der Waals surface area contributed by atoms with Gasteiger partial charge in [0.2, 0.25) is 0 Å². The third-order valence-corrected chi connectivity index (χ3v) is 3.24. The molecule has 110 valence electrons. The fourth-order valence-corrected chi connectivity index (χ4v) is 2.14. The van der Waals surface area contributed by atoms with E-state index in [4.69, 9.17) is 26.8 Å². The Hall–Kier alpha value is -2.40. The summed E-state index contributed by atoms with van der Waals surface area (Å²) >= 11 is 6.03. The molecule has 6 heteroatoms. The van der Waals surface area contributed by atoms with E-state index in [1.807, 2.05) is 0 Å². The Balaban J connectivity index is 2.35. The molecule has 0 aliphatic carbocycles. The van der Waals surface area contributed by atoms with Crippen LogP contribution in [0.4, 0.5) is 11.4 Å². The molecule has 0 aliphatic heterocycles. The average molecular weight is 307 g/mol. The molecular weight excluding hydrogens is 292 g/mol. The Labute approximate surface area is 127 Å². The molecule has 0 atom stereocenters. The number of carbonyl (C=O) groups excluding carboxylic acids is 1. The molecule has 2 aromatic carbocycles. The predicted molar refractivity (Wildman–Crippen MR) is 83.4 cm³/mol. The summed E-state index contributed by atoms with van der Waals surface area (Å²) in [6.07, 6.45) is 0. The van der Waals surface area contributed by atoms with Gasteiger partial charge in [0.15, 0.2) is 0 Å². The third-order valence-electron chi connectivity index (χ3n) is 2.93. The lowest BCUT2D eigenvalue weighted by atomic mass is 10.1. The normalized spacial score (nSPS) is 10.0. The number of rotatable bonds is 4. The molecule has 2 rings (SSSR count). The summed E-state index contributed by atoms with van der Waals surface area (Å²) in [7, 11) is 3.06. The van der Waals surface area contributed by atoms with E-state index in [0.29, 0.717) is 22.9 Å². The van der Waals surface area contributed by atoms with Gasteiger partial charge < -0.3 is 20.5 Å². The molecule has 0 heterocycles. The Kier molecular flexibility index (Phi) is 4.55. The second-order valence-corrected chi connectivity index (χ2v) is 4.63. The topological polar surface area (TPSA) is 73.6 Å². The van der Waals surface area contributed by atoms with Crippen molar-refractivity contribution < 1.29 is 14.3 Å². The summed E-state index contributed by atoms with van der Waals surface area (Å²) in [5.41, 5.74) is 6.81. The maximum atomic E-state index is 12.4. The van der Waals surface area contributed by atoms with E-state index in [1.54, 1.807) is 43.5 Å². The first-order valence-electron chi connectivity index (χ1n) is 6.14. The summed E-state index contributed by atoms with van der Waals surface area (Å²) in [6, 6.07) is 9.99. The number of amides is 1. The Bertz CT molecular complexity index is 654. The van der Waals surface area contributed by atoms with Crippen LogP contribution < -0.4 is 20.5 Å². The molecule has 0 radical (unpaired) electrons. The van der Waals surface area contributed by atoms with Gasteiger partial charge in [-0.3, -0.25) is 4.79 Å².